The molecule has 0 saturated carbocycles. The quantitative estimate of drug-likeness (QED) is 0.824. The predicted molar refractivity (Wildman–Crippen MR) is 77.1 cm³/mol. The van der Waals surface area contributed by atoms with Crippen molar-refractivity contribution >= 4 is 0 Å². The molecule has 0 radical (unpaired) electrons. The highest BCUT2D eigenvalue weighted by Gasteiger charge is 2.08. The molecular formula is C16H18FNO2. The number of methoxy groups -OCH3 is 1. The van der Waals surface area contributed by atoms with Crippen LogP contribution < -0.4 is 10.5 Å². The van der Waals surface area contributed by atoms with Gasteiger partial charge in [-0.2, -0.15) is 0 Å². The van der Waals surface area contributed by atoms with Crippen LogP contribution in [0.4, 0.5) is 4.39 Å². The average molecular weight is 275 g/mol. The van der Waals surface area contributed by atoms with E-state index in [9.17, 15) is 4.39 Å². The molecule has 3 nitrogen and oxygen atoms in total. The highest BCUT2D eigenvalue weighted by molar-refractivity contribution is 5.71. The van der Waals surface area contributed by atoms with Crippen molar-refractivity contribution in [3.05, 3.63) is 53.8 Å². The molecule has 4 heteroatoms. The summed E-state index contributed by atoms with van der Waals surface area (Å²) in [5.41, 5.74) is 7.84. The maximum atomic E-state index is 13.5. The molecule has 0 fully saturated rings. The molecule has 0 aliphatic rings. The Balaban J connectivity index is 2.32. The molecule has 0 bridgehead atoms. The summed E-state index contributed by atoms with van der Waals surface area (Å²) in [5, 5.41) is 0. The zero-order valence-electron chi connectivity index (χ0n) is 11.4. The zero-order valence-corrected chi connectivity index (χ0v) is 11.4. The van der Waals surface area contributed by atoms with E-state index in [1.165, 1.54) is 6.07 Å². The summed E-state index contributed by atoms with van der Waals surface area (Å²) < 4.78 is 24.2. The van der Waals surface area contributed by atoms with Crippen LogP contribution in [-0.4, -0.2) is 20.3 Å². The van der Waals surface area contributed by atoms with Gasteiger partial charge in [0.15, 0.2) is 0 Å². The van der Waals surface area contributed by atoms with E-state index in [-0.39, 0.29) is 12.4 Å². The van der Waals surface area contributed by atoms with Gasteiger partial charge in [0.05, 0.1) is 6.61 Å². The molecule has 0 unspecified atom stereocenters. The molecule has 0 aromatic heterocycles. The minimum Gasteiger partial charge on any atom is -0.491 e. The van der Waals surface area contributed by atoms with Gasteiger partial charge in [0, 0.05) is 24.8 Å². The standard InChI is InChI=1S/C16H18FNO2/c1-19-8-9-20-16-5-3-2-4-14(16)12-6-7-15(17)13(10-12)11-18/h2-7,10H,8-9,11,18H2,1H3. The van der Waals surface area contributed by atoms with Gasteiger partial charge in [-0.05, 0) is 23.8 Å². The Hall–Kier alpha value is -1.91. The SMILES string of the molecule is COCCOc1ccccc1-c1ccc(F)c(CN)c1. The van der Waals surface area contributed by atoms with E-state index in [2.05, 4.69) is 0 Å². The van der Waals surface area contributed by atoms with E-state index in [0.717, 1.165) is 16.9 Å². The molecule has 2 N–H and O–H groups in total. The fourth-order valence-corrected chi connectivity index (χ4v) is 1.96. The first kappa shape index (κ1) is 14.5. The Kier molecular flexibility index (Phi) is 5.09. The van der Waals surface area contributed by atoms with Crippen molar-refractivity contribution in [3.63, 3.8) is 0 Å². The third-order valence-electron chi connectivity index (χ3n) is 3.01. The van der Waals surface area contributed by atoms with Gasteiger partial charge in [0.1, 0.15) is 18.2 Å². The van der Waals surface area contributed by atoms with Gasteiger partial charge in [-0.1, -0.05) is 24.3 Å². The maximum absolute atomic E-state index is 13.5. The molecule has 0 aliphatic heterocycles. The average Bonchev–Trinajstić information content (AvgIpc) is 2.49. The van der Waals surface area contributed by atoms with Crippen molar-refractivity contribution in [2.24, 2.45) is 5.73 Å². The van der Waals surface area contributed by atoms with Crippen LogP contribution in [0.2, 0.25) is 0 Å². The number of hydrogen-bond acceptors (Lipinski definition) is 3. The second-order valence-corrected chi connectivity index (χ2v) is 4.35. The minimum absolute atomic E-state index is 0.173. The lowest BCUT2D eigenvalue weighted by molar-refractivity contribution is 0.146. The fraction of sp³-hybridized carbons (Fsp3) is 0.250. The van der Waals surface area contributed by atoms with Crippen molar-refractivity contribution < 1.29 is 13.9 Å². The normalized spacial score (nSPS) is 10.6. The smallest absolute Gasteiger partial charge is 0.127 e. The molecule has 20 heavy (non-hydrogen) atoms. The van der Waals surface area contributed by atoms with Gasteiger partial charge in [-0.3, -0.25) is 0 Å². The van der Waals surface area contributed by atoms with E-state index in [1.54, 1.807) is 19.2 Å². The number of halogens is 1. The van der Waals surface area contributed by atoms with Crippen LogP contribution >= 0.6 is 0 Å². The third kappa shape index (κ3) is 3.35. The summed E-state index contributed by atoms with van der Waals surface area (Å²) in [6, 6.07) is 12.6. The summed E-state index contributed by atoms with van der Waals surface area (Å²) >= 11 is 0. The number of hydrogen-bond donors (Lipinski definition) is 1. The van der Waals surface area contributed by atoms with Crippen LogP contribution in [0.5, 0.6) is 5.75 Å². The fourth-order valence-electron chi connectivity index (χ4n) is 1.96. The zero-order chi connectivity index (χ0) is 14.4. The minimum atomic E-state index is -0.283. The van der Waals surface area contributed by atoms with Gasteiger partial charge in [-0.25, -0.2) is 4.39 Å². The molecule has 0 spiro atoms. The van der Waals surface area contributed by atoms with E-state index in [1.807, 2.05) is 24.3 Å². The van der Waals surface area contributed by atoms with E-state index < -0.39 is 0 Å². The first-order valence-electron chi connectivity index (χ1n) is 6.46. The lowest BCUT2D eigenvalue weighted by Gasteiger charge is -2.12. The Morgan fingerprint density at radius 1 is 1.10 bits per heavy atom. The molecule has 0 saturated heterocycles. The topological polar surface area (TPSA) is 44.5 Å². The Morgan fingerprint density at radius 3 is 2.65 bits per heavy atom. The van der Waals surface area contributed by atoms with Crippen LogP contribution in [0.25, 0.3) is 11.1 Å². The van der Waals surface area contributed by atoms with Crippen molar-refractivity contribution in [2.45, 2.75) is 6.54 Å². The maximum Gasteiger partial charge on any atom is 0.127 e. The summed E-state index contributed by atoms with van der Waals surface area (Å²) in [4.78, 5) is 0. The van der Waals surface area contributed by atoms with Crippen molar-refractivity contribution in [3.8, 4) is 16.9 Å². The van der Waals surface area contributed by atoms with Crippen molar-refractivity contribution in [1.29, 1.82) is 0 Å². The van der Waals surface area contributed by atoms with Gasteiger partial charge in [0.2, 0.25) is 0 Å². The number of nitrogens with two attached hydrogens (primary N) is 1. The number of ether oxygens (including phenoxy) is 2. The Labute approximate surface area is 118 Å². The molecule has 0 amide bonds. The first-order valence-corrected chi connectivity index (χ1v) is 6.46. The summed E-state index contributed by atoms with van der Waals surface area (Å²) in [6.45, 7) is 1.16. The number of rotatable bonds is 6. The Bertz CT molecular complexity index is 572. The molecule has 2 aromatic rings. The van der Waals surface area contributed by atoms with E-state index in [4.69, 9.17) is 15.2 Å². The molecular weight excluding hydrogens is 257 g/mol. The monoisotopic (exact) mass is 275 g/mol. The van der Waals surface area contributed by atoms with Crippen LogP contribution in [0.3, 0.4) is 0 Å². The van der Waals surface area contributed by atoms with Gasteiger partial charge >= 0.3 is 0 Å². The lowest BCUT2D eigenvalue weighted by atomic mass is 10.0. The molecule has 2 aromatic carbocycles. The van der Waals surface area contributed by atoms with E-state index in [0.29, 0.717) is 18.8 Å². The first-order chi connectivity index (χ1) is 9.76. The van der Waals surface area contributed by atoms with Crippen LogP contribution in [0.15, 0.2) is 42.5 Å². The van der Waals surface area contributed by atoms with Crippen LogP contribution in [0.1, 0.15) is 5.56 Å². The van der Waals surface area contributed by atoms with Gasteiger partial charge in [-0.15, -0.1) is 0 Å². The lowest BCUT2D eigenvalue weighted by Crippen LogP contribution is -2.05. The number of benzene rings is 2. The Morgan fingerprint density at radius 2 is 1.90 bits per heavy atom. The van der Waals surface area contributed by atoms with Crippen LogP contribution in [0, 0.1) is 5.82 Å². The second-order valence-electron chi connectivity index (χ2n) is 4.35. The summed E-state index contributed by atoms with van der Waals surface area (Å²) in [7, 11) is 1.63. The van der Waals surface area contributed by atoms with Gasteiger partial charge < -0.3 is 15.2 Å². The molecule has 2 rings (SSSR count). The van der Waals surface area contributed by atoms with E-state index >= 15 is 0 Å². The van der Waals surface area contributed by atoms with Crippen LogP contribution in [-0.2, 0) is 11.3 Å². The molecule has 106 valence electrons. The summed E-state index contributed by atoms with van der Waals surface area (Å²) in [6.07, 6.45) is 0. The second kappa shape index (κ2) is 7.03. The summed E-state index contributed by atoms with van der Waals surface area (Å²) in [5.74, 6) is 0.466. The van der Waals surface area contributed by atoms with Gasteiger partial charge in [0.25, 0.3) is 0 Å². The number of para-hydroxylation sites is 1. The molecule has 0 aliphatic carbocycles. The molecule has 0 heterocycles. The molecule has 0 atom stereocenters. The largest absolute Gasteiger partial charge is 0.491 e. The third-order valence-corrected chi connectivity index (χ3v) is 3.01. The highest BCUT2D eigenvalue weighted by Crippen LogP contribution is 2.30. The highest BCUT2D eigenvalue weighted by atomic mass is 19.1. The predicted octanol–water partition coefficient (Wildman–Crippen LogP) is 2.98. The van der Waals surface area contributed by atoms with Crippen molar-refractivity contribution in [1.82, 2.24) is 0 Å². The van der Waals surface area contributed by atoms with Crippen molar-refractivity contribution in [2.75, 3.05) is 20.3 Å².